The number of amides is 1. The number of aromatic nitrogens is 3. The van der Waals surface area contributed by atoms with E-state index in [1.807, 2.05) is 0 Å². The molecule has 1 atom stereocenters. The minimum atomic E-state index is -0.288. The Balaban J connectivity index is 1.36. The van der Waals surface area contributed by atoms with Gasteiger partial charge in [0.25, 0.3) is 11.5 Å². The summed E-state index contributed by atoms with van der Waals surface area (Å²) in [5, 5.41) is 7.51. The van der Waals surface area contributed by atoms with Crippen molar-refractivity contribution in [3.63, 3.8) is 0 Å². The fourth-order valence-electron chi connectivity index (χ4n) is 4.31. The van der Waals surface area contributed by atoms with Gasteiger partial charge in [0.2, 0.25) is 5.56 Å². The van der Waals surface area contributed by atoms with Crippen LogP contribution < -0.4 is 16.4 Å². The fraction of sp³-hybridized carbons (Fsp3) is 0.524. The average Bonchev–Trinajstić information content (AvgIpc) is 3.18. The molecule has 2 N–H and O–H groups in total. The highest BCUT2D eigenvalue weighted by atomic mass is 16.2. The van der Waals surface area contributed by atoms with Crippen LogP contribution in [0, 0.1) is 0 Å². The van der Waals surface area contributed by atoms with Crippen LogP contribution in [0.25, 0.3) is 0 Å². The maximum atomic E-state index is 12.3. The van der Waals surface area contributed by atoms with Crippen LogP contribution >= 0.6 is 0 Å². The topological polar surface area (TPSA) is 100 Å². The second-order valence-electron chi connectivity index (χ2n) is 7.87. The number of nitrogens with one attached hydrogen (secondary N) is 2. The molecule has 0 spiro atoms. The highest BCUT2D eigenvalue weighted by Crippen LogP contribution is 2.18. The summed E-state index contributed by atoms with van der Waals surface area (Å²) in [6.45, 7) is 2.77. The van der Waals surface area contributed by atoms with Crippen molar-refractivity contribution < 1.29 is 4.79 Å². The summed E-state index contributed by atoms with van der Waals surface area (Å²) in [6, 6.07) is 4.87. The Morgan fingerprint density at radius 1 is 1.17 bits per heavy atom. The largest absolute Gasteiger partial charge is 0.350 e. The molecule has 0 saturated carbocycles. The highest BCUT2D eigenvalue weighted by Gasteiger charge is 2.23. The Morgan fingerprint density at radius 2 is 2.07 bits per heavy atom. The lowest BCUT2D eigenvalue weighted by Gasteiger charge is -2.35. The van der Waals surface area contributed by atoms with Crippen molar-refractivity contribution >= 4 is 5.91 Å². The molecule has 1 amide bonds. The summed E-state index contributed by atoms with van der Waals surface area (Å²) < 4.78 is 1.59. The number of pyridine rings is 1. The molecule has 29 heavy (non-hydrogen) atoms. The molecule has 1 aliphatic carbocycles. The number of fused-ring (bicyclic) bond motifs is 1. The number of H-pyrrole nitrogens is 1. The second kappa shape index (κ2) is 8.73. The van der Waals surface area contributed by atoms with Gasteiger partial charge in [-0.15, -0.1) is 0 Å². The monoisotopic (exact) mass is 397 g/mol. The van der Waals surface area contributed by atoms with Gasteiger partial charge in [0.05, 0.1) is 12.2 Å². The van der Waals surface area contributed by atoms with Gasteiger partial charge in [-0.1, -0.05) is 6.42 Å². The number of aromatic amines is 1. The fourth-order valence-corrected chi connectivity index (χ4v) is 4.31. The quantitative estimate of drug-likeness (QED) is 0.748. The number of piperidine rings is 1. The van der Waals surface area contributed by atoms with E-state index in [2.05, 4.69) is 20.3 Å². The lowest BCUT2D eigenvalue weighted by Crippen LogP contribution is -2.48. The normalized spacial score (nSPS) is 19.1. The molecule has 0 aromatic carbocycles. The Labute approximate surface area is 168 Å². The van der Waals surface area contributed by atoms with Gasteiger partial charge < -0.3 is 10.3 Å². The molecule has 8 nitrogen and oxygen atoms in total. The van der Waals surface area contributed by atoms with Crippen LogP contribution in [0.4, 0.5) is 0 Å². The third kappa shape index (κ3) is 4.64. The van der Waals surface area contributed by atoms with Crippen molar-refractivity contribution in [3.8, 4) is 0 Å². The van der Waals surface area contributed by atoms with Crippen LogP contribution in [0.15, 0.2) is 34.0 Å². The lowest BCUT2D eigenvalue weighted by atomic mass is 10.0. The van der Waals surface area contributed by atoms with E-state index in [-0.39, 0.29) is 23.1 Å². The molecular weight excluding hydrogens is 370 g/mol. The van der Waals surface area contributed by atoms with Crippen LogP contribution in [0.1, 0.15) is 47.3 Å². The van der Waals surface area contributed by atoms with E-state index < -0.39 is 0 Å². The maximum Gasteiger partial charge on any atom is 0.267 e. The van der Waals surface area contributed by atoms with Crippen molar-refractivity contribution in [2.24, 2.45) is 0 Å². The van der Waals surface area contributed by atoms with Crippen LogP contribution in [0.2, 0.25) is 0 Å². The van der Waals surface area contributed by atoms with Gasteiger partial charge in [-0.05, 0) is 50.3 Å². The van der Waals surface area contributed by atoms with E-state index in [0.717, 1.165) is 62.9 Å². The summed E-state index contributed by atoms with van der Waals surface area (Å²) in [5.41, 5.74) is 2.21. The van der Waals surface area contributed by atoms with Crippen LogP contribution in [0.5, 0.6) is 0 Å². The van der Waals surface area contributed by atoms with E-state index >= 15 is 0 Å². The summed E-state index contributed by atoms with van der Waals surface area (Å²) in [5.74, 6) is -0.238. The van der Waals surface area contributed by atoms with Crippen molar-refractivity contribution in [2.75, 3.05) is 19.6 Å². The molecule has 2 aromatic rings. The third-order valence-electron chi connectivity index (χ3n) is 5.91. The Hall–Kier alpha value is -2.74. The summed E-state index contributed by atoms with van der Waals surface area (Å²) in [6.07, 6.45) is 7.71. The predicted molar refractivity (Wildman–Crippen MR) is 109 cm³/mol. The number of nitrogens with zero attached hydrogens (tertiary/aromatic N) is 3. The number of rotatable bonds is 6. The minimum Gasteiger partial charge on any atom is -0.350 e. The van der Waals surface area contributed by atoms with Crippen LogP contribution in [0.3, 0.4) is 0 Å². The smallest absolute Gasteiger partial charge is 0.267 e. The van der Waals surface area contributed by atoms with Crippen molar-refractivity contribution in [1.82, 2.24) is 25.0 Å². The first kappa shape index (κ1) is 19.6. The molecule has 154 valence electrons. The molecule has 1 aliphatic heterocycles. The van der Waals surface area contributed by atoms with Gasteiger partial charge in [-0.3, -0.25) is 19.3 Å². The SMILES string of the molecule is O=C(NCC1CCCCN1CCn1nc2c(cc1=O)CCC2)c1cc[nH]c(=O)c1. The van der Waals surface area contributed by atoms with Gasteiger partial charge in [-0.25, -0.2) is 4.68 Å². The zero-order valence-electron chi connectivity index (χ0n) is 16.5. The van der Waals surface area contributed by atoms with Gasteiger partial charge >= 0.3 is 0 Å². The number of likely N-dealkylation sites (tertiary alicyclic amines) is 1. The van der Waals surface area contributed by atoms with Gasteiger partial charge in [-0.2, -0.15) is 5.10 Å². The predicted octanol–water partition coefficient (Wildman–Crippen LogP) is 0.705. The molecule has 3 heterocycles. The molecule has 2 aliphatic rings. The molecule has 4 rings (SSSR count). The summed E-state index contributed by atoms with van der Waals surface area (Å²) in [7, 11) is 0. The number of carbonyl (C=O) groups is 1. The highest BCUT2D eigenvalue weighted by molar-refractivity contribution is 5.93. The number of aryl methyl sites for hydroxylation is 2. The molecule has 1 fully saturated rings. The molecule has 0 radical (unpaired) electrons. The third-order valence-corrected chi connectivity index (χ3v) is 5.91. The average molecular weight is 397 g/mol. The van der Waals surface area contributed by atoms with Crippen molar-refractivity contribution in [1.29, 1.82) is 0 Å². The number of hydrogen-bond acceptors (Lipinski definition) is 5. The zero-order valence-corrected chi connectivity index (χ0v) is 16.5. The van der Waals surface area contributed by atoms with Gasteiger partial charge in [0.15, 0.2) is 0 Å². The molecule has 8 heteroatoms. The van der Waals surface area contributed by atoms with Gasteiger partial charge in [0.1, 0.15) is 0 Å². The van der Waals surface area contributed by atoms with Crippen molar-refractivity contribution in [3.05, 3.63) is 61.9 Å². The van der Waals surface area contributed by atoms with Gasteiger partial charge in [0, 0.05) is 43.0 Å². The van der Waals surface area contributed by atoms with E-state index in [4.69, 9.17) is 0 Å². The first-order chi connectivity index (χ1) is 14.1. The Bertz CT molecular complexity index is 996. The molecule has 0 bridgehead atoms. The Kier molecular flexibility index (Phi) is 5.89. The van der Waals surface area contributed by atoms with E-state index in [0.29, 0.717) is 18.7 Å². The van der Waals surface area contributed by atoms with E-state index in [1.165, 1.54) is 12.3 Å². The standard InChI is InChI=1S/C21H27N5O3/c27-19-12-16(7-8-22-19)21(29)23-14-17-5-1-2-9-25(17)10-11-26-20(28)13-15-4-3-6-18(15)24-26/h7-8,12-13,17H,1-6,9-11,14H2,(H,22,27)(H,23,29). The summed E-state index contributed by atoms with van der Waals surface area (Å²) in [4.78, 5) is 40.9. The maximum absolute atomic E-state index is 12.3. The molecule has 1 saturated heterocycles. The second-order valence-corrected chi connectivity index (χ2v) is 7.87. The molecule has 2 aromatic heterocycles. The first-order valence-corrected chi connectivity index (χ1v) is 10.4. The number of hydrogen-bond donors (Lipinski definition) is 2. The number of carbonyl (C=O) groups excluding carboxylic acids is 1. The van der Waals surface area contributed by atoms with E-state index in [1.54, 1.807) is 16.8 Å². The zero-order chi connectivity index (χ0) is 20.2. The molecular formula is C21H27N5O3. The minimum absolute atomic E-state index is 0.0261. The molecule has 1 unspecified atom stereocenters. The van der Waals surface area contributed by atoms with Crippen LogP contribution in [-0.4, -0.2) is 51.2 Å². The van der Waals surface area contributed by atoms with E-state index in [9.17, 15) is 14.4 Å². The lowest BCUT2D eigenvalue weighted by molar-refractivity contribution is 0.0909. The van der Waals surface area contributed by atoms with Crippen LogP contribution in [-0.2, 0) is 19.4 Å². The first-order valence-electron chi connectivity index (χ1n) is 10.4. The Morgan fingerprint density at radius 3 is 2.93 bits per heavy atom. The summed E-state index contributed by atoms with van der Waals surface area (Å²) >= 11 is 0. The van der Waals surface area contributed by atoms with Crippen molar-refractivity contribution in [2.45, 2.75) is 51.1 Å².